The molecule has 0 aliphatic rings. The van der Waals surface area contributed by atoms with E-state index in [-0.39, 0.29) is 0 Å². The van der Waals surface area contributed by atoms with Crippen LogP contribution in [0.15, 0.2) is 24.5 Å². The first-order valence-electron chi connectivity index (χ1n) is 6.31. The molecular formula is C15H19N3. The molecule has 0 bridgehead atoms. The maximum atomic E-state index is 5.98. The molecule has 0 saturated heterocycles. The lowest BCUT2D eigenvalue weighted by Crippen LogP contribution is -2.03. The molecule has 0 spiro atoms. The van der Waals surface area contributed by atoms with Crippen LogP contribution in [0.5, 0.6) is 0 Å². The normalized spacial score (nSPS) is 10.6. The lowest BCUT2D eigenvalue weighted by atomic mass is 9.96. The van der Waals surface area contributed by atoms with Gasteiger partial charge in [0.15, 0.2) is 0 Å². The summed E-state index contributed by atoms with van der Waals surface area (Å²) in [6.45, 7) is 6.38. The van der Waals surface area contributed by atoms with Gasteiger partial charge in [-0.25, -0.2) is 9.97 Å². The van der Waals surface area contributed by atoms with Gasteiger partial charge in [-0.15, -0.1) is 0 Å². The molecule has 1 heterocycles. The maximum Gasteiger partial charge on any atom is 0.130 e. The Morgan fingerprint density at radius 2 is 1.94 bits per heavy atom. The van der Waals surface area contributed by atoms with Gasteiger partial charge >= 0.3 is 0 Å². The highest BCUT2D eigenvalue weighted by Crippen LogP contribution is 2.29. The summed E-state index contributed by atoms with van der Waals surface area (Å²) in [7, 11) is 0. The molecule has 0 aliphatic carbocycles. The van der Waals surface area contributed by atoms with E-state index in [0.29, 0.717) is 5.82 Å². The summed E-state index contributed by atoms with van der Waals surface area (Å²) >= 11 is 0. The van der Waals surface area contributed by atoms with Gasteiger partial charge in [0.05, 0.1) is 5.69 Å². The minimum atomic E-state index is 0.600. The number of nitrogens with zero attached hydrogens (tertiary/aromatic N) is 2. The molecule has 18 heavy (non-hydrogen) atoms. The highest BCUT2D eigenvalue weighted by atomic mass is 14.9. The van der Waals surface area contributed by atoms with E-state index in [1.54, 1.807) is 6.33 Å². The standard InChI is InChI=1S/C15H19N3/c1-4-6-13-14(17-9-18-15(13)16)12-8-5-7-10(2)11(12)3/h5,7-9H,4,6H2,1-3H3,(H2,16,17,18). The molecule has 0 saturated carbocycles. The van der Waals surface area contributed by atoms with Gasteiger partial charge in [-0.2, -0.15) is 0 Å². The summed E-state index contributed by atoms with van der Waals surface area (Å²) in [5.74, 6) is 0.600. The predicted octanol–water partition coefficient (Wildman–Crippen LogP) is 3.30. The summed E-state index contributed by atoms with van der Waals surface area (Å²) in [6.07, 6.45) is 3.50. The van der Waals surface area contributed by atoms with Crippen molar-refractivity contribution in [2.24, 2.45) is 0 Å². The number of aryl methyl sites for hydroxylation is 1. The Labute approximate surface area is 108 Å². The highest BCUT2D eigenvalue weighted by molar-refractivity contribution is 5.71. The molecule has 2 N–H and O–H groups in total. The van der Waals surface area contributed by atoms with Gasteiger partial charge in [-0.05, 0) is 31.4 Å². The van der Waals surface area contributed by atoms with Crippen molar-refractivity contribution < 1.29 is 0 Å². The minimum absolute atomic E-state index is 0.600. The molecular weight excluding hydrogens is 222 g/mol. The topological polar surface area (TPSA) is 51.8 Å². The molecule has 2 rings (SSSR count). The molecule has 3 heteroatoms. The van der Waals surface area contributed by atoms with Crippen molar-refractivity contribution in [3.05, 3.63) is 41.2 Å². The lowest BCUT2D eigenvalue weighted by molar-refractivity contribution is 0.908. The fourth-order valence-electron chi connectivity index (χ4n) is 2.16. The fraction of sp³-hybridized carbons (Fsp3) is 0.333. The van der Waals surface area contributed by atoms with Crippen molar-refractivity contribution in [3.8, 4) is 11.3 Å². The molecule has 94 valence electrons. The number of rotatable bonds is 3. The second-order valence-electron chi connectivity index (χ2n) is 4.58. The van der Waals surface area contributed by atoms with Crippen LogP contribution in [0.3, 0.4) is 0 Å². The third-order valence-electron chi connectivity index (χ3n) is 3.34. The van der Waals surface area contributed by atoms with Gasteiger partial charge in [0, 0.05) is 11.1 Å². The fourth-order valence-corrected chi connectivity index (χ4v) is 2.16. The third-order valence-corrected chi connectivity index (χ3v) is 3.34. The Kier molecular flexibility index (Phi) is 3.60. The predicted molar refractivity (Wildman–Crippen MR) is 75.3 cm³/mol. The summed E-state index contributed by atoms with van der Waals surface area (Å²) < 4.78 is 0. The van der Waals surface area contributed by atoms with E-state index in [0.717, 1.165) is 29.7 Å². The number of aromatic nitrogens is 2. The summed E-state index contributed by atoms with van der Waals surface area (Å²) in [5.41, 5.74) is 11.7. The third kappa shape index (κ3) is 2.21. The van der Waals surface area contributed by atoms with Crippen molar-refractivity contribution in [1.82, 2.24) is 9.97 Å². The molecule has 0 atom stereocenters. The van der Waals surface area contributed by atoms with Crippen LogP contribution in [-0.2, 0) is 6.42 Å². The lowest BCUT2D eigenvalue weighted by Gasteiger charge is -2.13. The van der Waals surface area contributed by atoms with Crippen LogP contribution in [0.2, 0.25) is 0 Å². The first-order chi connectivity index (χ1) is 8.65. The first kappa shape index (κ1) is 12.6. The van der Waals surface area contributed by atoms with Gasteiger partial charge in [0.2, 0.25) is 0 Å². The SMILES string of the molecule is CCCc1c(N)ncnc1-c1cccc(C)c1C. The van der Waals surface area contributed by atoms with E-state index in [9.17, 15) is 0 Å². The molecule has 1 aromatic carbocycles. The zero-order valence-electron chi connectivity index (χ0n) is 11.2. The molecule has 0 fully saturated rings. The zero-order chi connectivity index (χ0) is 13.1. The van der Waals surface area contributed by atoms with Gasteiger partial charge < -0.3 is 5.73 Å². The Morgan fingerprint density at radius 1 is 1.17 bits per heavy atom. The van der Waals surface area contributed by atoms with Gasteiger partial charge in [0.25, 0.3) is 0 Å². The highest BCUT2D eigenvalue weighted by Gasteiger charge is 2.12. The van der Waals surface area contributed by atoms with Crippen molar-refractivity contribution in [1.29, 1.82) is 0 Å². The molecule has 0 amide bonds. The largest absolute Gasteiger partial charge is 0.383 e. The number of nitrogen functional groups attached to an aromatic ring is 1. The number of hydrogen-bond acceptors (Lipinski definition) is 3. The second-order valence-corrected chi connectivity index (χ2v) is 4.58. The molecule has 3 nitrogen and oxygen atoms in total. The van der Waals surface area contributed by atoms with Crippen LogP contribution in [0.25, 0.3) is 11.3 Å². The molecule has 0 radical (unpaired) electrons. The smallest absolute Gasteiger partial charge is 0.130 e. The van der Waals surface area contributed by atoms with Gasteiger partial charge in [-0.3, -0.25) is 0 Å². The monoisotopic (exact) mass is 241 g/mol. The van der Waals surface area contributed by atoms with E-state index in [1.165, 1.54) is 11.1 Å². The zero-order valence-corrected chi connectivity index (χ0v) is 11.2. The Morgan fingerprint density at radius 3 is 2.67 bits per heavy atom. The van der Waals surface area contributed by atoms with Gasteiger partial charge in [-0.1, -0.05) is 31.5 Å². The quantitative estimate of drug-likeness (QED) is 0.897. The van der Waals surface area contributed by atoms with Crippen molar-refractivity contribution >= 4 is 5.82 Å². The first-order valence-corrected chi connectivity index (χ1v) is 6.31. The summed E-state index contributed by atoms with van der Waals surface area (Å²) in [4.78, 5) is 8.54. The van der Waals surface area contributed by atoms with Gasteiger partial charge in [0.1, 0.15) is 12.1 Å². The average molecular weight is 241 g/mol. The maximum absolute atomic E-state index is 5.98. The average Bonchev–Trinajstić information content (AvgIpc) is 2.36. The molecule has 1 aromatic heterocycles. The van der Waals surface area contributed by atoms with E-state index in [1.807, 2.05) is 0 Å². The molecule has 2 aromatic rings. The Bertz CT molecular complexity index is 562. The molecule has 0 aliphatic heterocycles. The number of hydrogen-bond donors (Lipinski definition) is 1. The number of nitrogens with two attached hydrogens (primary N) is 1. The second kappa shape index (κ2) is 5.17. The van der Waals surface area contributed by atoms with Crippen LogP contribution in [0.4, 0.5) is 5.82 Å². The minimum Gasteiger partial charge on any atom is -0.383 e. The van der Waals surface area contributed by atoms with E-state index < -0.39 is 0 Å². The number of anilines is 1. The van der Waals surface area contributed by atoms with Crippen molar-refractivity contribution in [2.45, 2.75) is 33.6 Å². The van der Waals surface area contributed by atoms with E-state index in [4.69, 9.17) is 5.73 Å². The Balaban J connectivity index is 2.63. The Hall–Kier alpha value is -1.90. The van der Waals surface area contributed by atoms with Crippen molar-refractivity contribution in [2.75, 3.05) is 5.73 Å². The van der Waals surface area contributed by atoms with Crippen LogP contribution in [0, 0.1) is 13.8 Å². The number of benzene rings is 1. The summed E-state index contributed by atoms with van der Waals surface area (Å²) in [6, 6.07) is 6.28. The van der Waals surface area contributed by atoms with Crippen LogP contribution < -0.4 is 5.73 Å². The summed E-state index contributed by atoms with van der Waals surface area (Å²) in [5, 5.41) is 0. The van der Waals surface area contributed by atoms with E-state index in [2.05, 4.69) is 48.9 Å². The van der Waals surface area contributed by atoms with Crippen LogP contribution in [0.1, 0.15) is 30.0 Å². The van der Waals surface area contributed by atoms with E-state index >= 15 is 0 Å². The van der Waals surface area contributed by atoms with Crippen molar-refractivity contribution in [3.63, 3.8) is 0 Å². The molecule has 0 unspecified atom stereocenters. The van der Waals surface area contributed by atoms with Crippen LogP contribution >= 0.6 is 0 Å². The van der Waals surface area contributed by atoms with Crippen LogP contribution in [-0.4, -0.2) is 9.97 Å².